The van der Waals surface area contributed by atoms with Gasteiger partial charge in [-0.15, -0.1) is 0 Å². The summed E-state index contributed by atoms with van der Waals surface area (Å²) in [5.41, 5.74) is 0.781. The van der Waals surface area contributed by atoms with E-state index in [0.29, 0.717) is 36.0 Å². The number of ether oxygens (including phenoxy) is 4. The third-order valence-electron chi connectivity index (χ3n) is 3.90. The van der Waals surface area contributed by atoms with Gasteiger partial charge in [-0.05, 0) is 43.7 Å². The van der Waals surface area contributed by atoms with E-state index in [4.69, 9.17) is 18.9 Å². The lowest BCUT2D eigenvalue weighted by molar-refractivity contribution is 0.340. The summed E-state index contributed by atoms with van der Waals surface area (Å²) in [6.07, 6.45) is 0.410. The Morgan fingerprint density at radius 1 is 0.926 bits per heavy atom. The van der Waals surface area contributed by atoms with Crippen LogP contribution < -0.4 is 23.7 Å². The van der Waals surface area contributed by atoms with E-state index in [0.717, 1.165) is 5.56 Å². The van der Waals surface area contributed by atoms with Crippen molar-refractivity contribution >= 4 is 10.0 Å². The van der Waals surface area contributed by atoms with Crippen LogP contribution in [0.2, 0.25) is 0 Å². The van der Waals surface area contributed by atoms with E-state index in [1.54, 1.807) is 31.4 Å². The highest BCUT2D eigenvalue weighted by atomic mass is 32.2. The second kappa shape index (κ2) is 9.48. The Morgan fingerprint density at radius 3 is 2.19 bits per heavy atom. The van der Waals surface area contributed by atoms with Crippen molar-refractivity contribution in [3.05, 3.63) is 42.0 Å². The molecular formula is C19H25NO6S. The van der Waals surface area contributed by atoms with Crippen molar-refractivity contribution < 1.29 is 27.4 Å². The maximum Gasteiger partial charge on any atom is 0.240 e. The largest absolute Gasteiger partial charge is 0.497 e. The summed E-state index contributed by atoms with van der Waals surface area (Å²) in [6.45, 7) is 2.59. The molecule has 0 heterocycles. The molecule has 148 valence electrons. The van der Waals surface area contributed by atoms with Crippen LogP contribution >= 0.6 is 0 Å². The predicted octanol–water partition coefficient (Wildman–Crippen LogP) is 2.63. The number of hydrogen-bond acceptors (Lipinski definition) is 6. The van der Waals surface area contributed by atoms with Gasteiger partial charge in [0, 0.05) is 18.2 Å². The Bertz CT molecular complexity index is 849. The molecule has 0 aliphatic carbocycles. The van der Waals surface area contributed by atoms with E-state index < -0.39 is 10.0 Å². The molecular weight excluding hydrogens is 370 g/mol. The molecule has 0 unspecified atom stereocenters. The summed E-state index contributed by atoms with van der Waals surface area (Å²) in [4.78, 5) is 0.182. The predicted molar refractivity (Wildman–Crippen MR) is 103 cm³/mol. The molecule has 2 aromatic rings. The Kier molecular flexibility index (Phi) is 7.32. The lowest BCUT2D eigenvalue weighted by Gasteiger charge is -2.15. The molecule has 0 fully saturated rings. The number of benzene rings is 2. The van der Waals surface area contributed by atoms with Crippen LogP contribution in [0.4, 0.5) is 0 Å². The van der Waals surface area contributed by atoms with Crippen LogP contribution in [0.1, 0.15) is 12.5 Å². The molecule has 0 atom stereocenters. The van der Waals surface area contributed by atoms with E-state index in [2.05, 4.69) is 4.72 Å². The average Bonchev–Trinajstić information content (AvgIpc) is 2.67. The van der Waals surface area contributed by atoms with Gasteiger partial charge < -0.3 is 18.9 Å². The lowest BCUT2D eigenvalue weighted by Crippen LogP contribution is -2.26. The third-order valence-corrected chi connectivity index (χ3v) is 5.37. The molecule has 0 amide bonds. The fraction of sp³-hybridized carbons (Fsp3) is 0.368. The van der Waals surface area contributed by atoms with Gasteiger partial charge in [-0.25, -0.2) is 13.1 Å². The standard InChI is InChI=1S/C19H25NO6S/c1-5-26-15-6-8-17(9-7-15)27(21,22)20-11-10-14-12-16(23-2)13-18(24-3)19(14)25-4/h6-9,12-13,20H,5,10-11H2,1-4H3. The first-order chi connectivity index (χ1) is 12.9. The van der Waals surface area contributed by atoms with Crippen LogP contribution in [0.25, 0.3) is 0 Å². The molecule has 0 aliphatic rings. The molecule has 0 bridgehead atoms. The maximum atomic E-state index is 12.5. The highest BCUT2D eigenvalue weighted by molar-refractivity contribution is 7.89. The van der Waals surface area contributed by atoms with E-state index in [1.165, 1.54) is 26.4 Å². The van der Waals surface area contributed by atoms with Crippen molar-refractivity contribution in [1.82, 2.24) is 4.72 Å². The summed E-state index contributed by atoms with van der Waals surface area (Å²) in [7, 11) is 1.01. The molecule has 1 N–H and O–H groups in total. The quantitative estimate of drug-likeness (QED) is 0.666. The maximum absolute atomic E-state index is 12.5. The van der Waals surface area contributed by atoms with Crippen molar-refractivity contribution in [2.45, 2.75) is 18.2 Å². The van der Waals surface area contributed by atoms with Gasteiger partial charge in [-0.3, -0.25) is 0 Å². The Labute approximate surface area is 160 Å². The van der Waals surface area contributed by atoms with Crippen molar-refractivity contribution in [2.75, 3.05) is 34.5 Å². The minimum Gasteiger partial charge on any atom is -0.497 e. The normalized spacial score (nSPS) is 11.1. The SMILES string of the molecule is CCOc1ccc(S(=O)(=O)NCCc2cc(OC)cc(OC)c2OC)cc1. The molecule has 0 saturated heterocycles. The molecule has 0 radical (unpaired) electrons. The number of sulfonamides is 1. The van der Waals surface area contributed by atoms with Gasteiger partial charge in [0.05, 0.1) is 32.8 Å². The van der Waals surface area contributed by atoms with Gasteiger partial charge in [-0.1, -0.05) is 0 Å². The molecule has 8 heteroatoms. The minimum atomic E-state index is -3.62. The first kappa shape index (κ1) is 20.9. The molecule has 0 spiro atoms. The van der Waals surface area contributed by atoms with Crippen LogP contribution in [-0.2, 0) is 16.4 Å². The zero-order valence-corrected chi connectivity index (χ0v) is 16.8. The average molecular weight is 395 g/mol. The molecule has 2 rings (SSSR count). The molecule has 0 aromatic heterocycles. The van der Waals surface area contributed by atoms with E-state index in [1.807, 2.05) is 6.92 Å². The van der Waals surface area contributed by atoms with Crippen LogP contribution in [0.5, 0.6) is 23.0 Å². The Morgan fingerprint density at radius 2 is 1.63 bits per heavy atom. The second-order valence-corrected chi connectivity index (χ2v) is 7.34. The lowest BCUT2D eigenvalue weighted by atomic mass is 10.1. The molecule has 0 saturated carbocycles. The van der Waals surface area contributed by atoms with Crippen molar-refractivity contribution in [3.8, 4) is 23.0 Å². The van der Waals surface area contributed by atoms with E-state index in [9.17, 15) is 8.42 Å². The first-order valence-electron chi connectivity index (χ1n) is 8.46. The third kappa shape index (κ3) is 5.27. The molecule has 2 aromatic carbocycles. The highest BCUT2D eigenvalue weighted by Crippen LogP contribution is 2.35. The van der Waals surface area contributed by atoms with Crippen LogP contribution in [-0.4, -0.2) is 42.9 Å². The first-order valence-corrected chi connectivity index (χ1v) is 9.94. The Hall–Kier alpha value is -2.45. The monoisotopic (exact) mass is 395 g/mol. The van der Waals surface area contributed by atoms with Gasteiger partial charge in [0.25, 0.3) is 0 Å². The van der Waals surface area contributed by atoms with Crippen LogP contribution in [0, 0.1) is 0 Å². The number of hydrogen-bond donors (Lipinski definition) is 1. The van der Waals surface area contributed by atoms with Crippen molar-refractivity contribution in [3.63, 3.8) is 0 Å². The van der Waals surface area contributed by atoms with E-state index in [-0.39, 0.29) is 11.4 Å². The minimum absolute atomic E-state index is 0.182. The zero-order chi connectivity index (χ0) is 19.9. The van der Waals surface area contributed by atoms with Gasteiger partial charge in [0.15, 0.2) is 11.5 Å². The van der Waals surface area contributed by atoms with Crippen molar-refractivity contribution in [1.29, 1.82) is 0 Å². The summed E-state index contributed by atoms with van der Waals surface area (Å²) >= 11 is 0. The fourth-order valence-electron chi connectivity index (χ4n) is 2.60. The fourth-order valence-corrected chi connectivity index (χ4v) is 3.64. The smallest absolute Gasteiger partial charge is 0.240 e. The highest BCUT2D eigenvalue weighted by Gasteiger charge is 2.16. The second-order valence-electron chi connectivity index (χ2n) is 5.57. The summed E-state index contributed by atoms with van der Waals surface area (Å²) in [5, 5.41) is 0. The summed E-state index contributed by atoms with van der Waals surface area (Å²) in [6, 6.07) is 9.81. The molecule has 27 heavy (non-hydrogen) atoms. The van der Waals surface area contributed by atoms with Gasteiger partial charge in [-0.2, -0.15) is 0 Å². The number of methoxy groups -OCH3 is 3. The molecule has 0 aliphatic heterocycles. The van der Waals surface area contributed by atoms with Gasteiger partial charge in [0.1, 0.15) is 11.5 Å². The van der Waals surface area contributed by atoms with Crippen LogP contribution in [0.15, 0.2) is 41.3 Å². The Balaban J connectivity index is 2.10. The topological polar surface area (TPSA) is 83.1 Å². The van der Waals surface area contributed by atoms with Gasteiger partial charge >= 0.3 is 0 Å². The summed E-state index contributed by atoms with van der Waals surface area (Å²) in [5.74, 6) is 2.32. The number of nitrogens with one attached hydrogen (secondary N) is 1. The molecule has 7 nitrogen and oxygen atoms in total. The zero-order valence-electron chi connectivity index (χ0n) is 15.9. The van der Waals surface area contributed by atoms with Gasteiger partial charge in [0.2, 0.25) is 10.0 Å². The van der Waals surface area contributed by atoms with Crippen LogP contribution in [0.3, 0.4) is 0 Å². The summed E-state index contributed by atoms with van der Waals surface area (Å²) < 4.78 is 48.8. The van der Waals surface area contributed by atoms with Crippen molar-refractivity contribution in [2.24, 2.45) is 0 Å². The number of rotatable bonds is 10. The van der Waals surface area contributed by atoms with E-state index >= 15 is 0 Å².